The monoisotopic (exact) mass is 420 g/mol. The molecule has 0 aromatic heterocycles. The van der Waals surface area contributed by atoms with Gasteiger partial charge in [-0.15, -0.1) is 0 Å². The molecule has 0 atom stereocenters. The molecule has 0 unspecified atom stereocenters. The van der Waals surface area contributed by atoms with Crippen LogP contribution in [0.3, 0.4) is 0 Å². The number of rotatable bonds is 6. The Bertz CT molecular complexity index is 1060. The second kappa shape index (κ2) is 9.43. The average molecular weight is 421 g/mol. The SMILES string of the molecule is CCCN1C(=O)C(C#N)=C(C)/C(=C\c2ccc(OCc3ccc(Cl)cc3)cc2)C1=O. The topological polar surface area (TPSA) is 70.4 Å². The van der Waals surface area contributed by atoms with Crippen LogP contribution in [0.1, 0.15) is 31.4 Å². The van der Waals surface area contributed by atoms with E-state index in [0.29, 0.717) is 34.9 Å². The minimum atomic E-state index is -0.523. The van der Waals surface area contributed by atoms with Crippen molar-refractivity contribution < 1.29 is 14.3 Å². The minimum absolute atomic E-state index is 0.0113. The Balaban J connectivity index is 1.80. The van der Waals surface area contributed by atoms with Gasteiger partial charge in [0.25, 0.3) is 11.8 Å². The van der Waals surface area contributed by atoms with Crippen molar-refractivity contribution in [1.29, 1.82) is 5.26 Å². The lowest BCUT2D eigenvalue weighted by molar-refractivity contribution is -0.140. The van der Waals surface area contributed by atoms with Crippen molar-refractivity contribution in [3.8, 4) is 11.8 Å². The van der Waals surface area contributed by atoms with Gasteiger partial charge in [-0.3, -0.25) is 14.5 Å². The third kappa shape index (κ3) is 4.61. The van der Waals surface area contributed by atoms with Crippen molar-refractivity contribution in [1.82, 2.24) is 4.90 Å². The minimum Gasteiger partial charge on any atom is -0.489 e. The fourth-order valence-electron chi connectivity index (χ4n) is 3.13. The van der Waals surface area contributed by atoms with Crippen molar-refractivity contribution in [2.24, 2.45) is 0 Å². The molecular weight excluding hydrogens is 400 g/mol. The van der Waals surface area contributed by atoms with Crippen molar-refractivity contribution in [2.45, 2.75) is 26.9 Å². The van der Waals surface area contributed by atoms with Crippen molar-refractivity contribution in [3.63, 3.8) is 0 Å². The van der Waals surface area contributed by atoms with Crippen LogP contribution in [0.5, 0.6) is 5.75 Å². The van der Waals surface area contributed by atoms with Crippen LogP contribution in [0.25, 0.3) is 6.08 Å². The van der Waals surface area contributed by atoms with E-state index in [1.54, 1.807) is 13.0 Å². The predicted octanol–water partition coefficient (Wildman–Crippen LogP) is 4.92. The Morgan fingerprint density at radius 1 is 1.07 bits per heavy atom. The average Bonchev–Trinajstić information content (AvgIpc) is 2.75. The first-order chi connectivity index (χ1) is 14.4. The maximum atomic E-state index is 12.8. The highest BCUT2D eigenvalue weighted by molar-refractivity contribution is 6.30. The molecule has 1 heterocycles. The number of nitrogens with zero attached hydrogens (tertiary/aromatic N) is 2. The molecule has 0 spiro atoms. The summed E-state index contributed by atoms with van der Waals surface area (Å²) in [5, 5.41) is 10.1. The van der Waals surface area contributed by atoms with E-state index in [2.05, 4.69) is 0 Å². The van der Waals surface area contributed by atoms with Crippen LogP contribution in [-0.4, -0.2) is 23.3 Å². The van der Waals surface area contributed by atoms with Crippen LogP contribution in [0.15, 0.2) is 65.3 Å². The number of hydrogen-bond donors (Lipinski definition) is 0. The third-order valence-electron chi connectivity index (χ3n) is 4.78. The Morgan fingerprint density at radius 2 is 1.73 bits per heavy atom. The van der Waals surface area contributed by atoms with Gasteiger partial charge in [0, 0.05) is 17.1 Å². The molecule has 3 rings (SSSR count). The molecule has 2 amide bonds. The summed E-state index contributed by atoms with van der Waals surface area (Å²) in [6.45, 7) is 4.21. The van der Waals surface area contributed by atoms with Gasteiger partial charge >= 0.3 is 0 Å². The maximum absolute atomic E-state index is 12.8. The molecule has 30 heavy (non-hydrogen) atoms. The summed E-state index contributed by atoms with van der Waals surface area (Å²) in [6.07, 6.45) is 2.33. The number of amides is 2. The standard InChI is InChI=1S/C24H21ClN2O3/c1-3-12-27-23(28)21(16(2)22(14-26)24(27)29)13-17-6-10-20(11-7-17)30-15-18-4-8-19(25)9-5-18/h4-11,13H,3,12,15H2,1-2H3/b21-13+. The lowest BCUT2D eigenvalue weighted by Gasteiger charge is -2.27. The molecule has 6 heteroatoms. The van der Waals surface area contributed by atoms with Gasteiger partial charge in [-0.1, -0.05) is 42.8 Å². The number of benzene rings is 2. The molecule has 152 valence electrons. The smallest absolute Gasteiger partial charge is 0.271 e. The van der Waals surface area contributed by atoms with Gasteiger partial charge in [0.05, 0.1) is 0 Å². The van der Waals surface area contributed by atoms with Gasteiger partial charge < -0.3 is 4.74 Å². The summed E-state index contributed by atoms with van der Waals surface area (Å²) in [5.41, 5.74) is 2.55. The molecule has 0 saturated heterocycles. The first-order valence-corrected chi connectivity index (χ1v) is 9.99. The van der Waals surface area contributed by atoms with Crippen LogP contribution in [0, 0.1) is 11.3 Å². The summed E-state index contributed by atoms with van der Waals surface area (Å²) in [7, 11) is 0. The second-order valence-corrected chi connectivity index (χ2v) is 7.35. The normalized spacial score (nSPS) is 15.5. The number of hydrogen-bond acceptors (Lipinski definition) is 4. The van der Waals surface area contributed by atoms with E-state index in [1.807, 2.05) is 61.5 Å². The van der Waals surface area contributed by atoms with E-state index in [1.165, 1.54) is 0 Å². The molecule has 1 aliphatic rings. The zero-order valence-electron chi connectivity index (χ0n) is 16.8. The van der Waals surface area contributed by atoms with Crippen molar-refractivity contribution in [2.75, 3.05) is 6.54 Å². The van der Waals surface area contributed by atoms with E-state index >= 15 is 0 Å². The van der Waals surface area contributed by atoms with Crippen LogP contribution < -0.4 is 4.74 Å². The van der Waals surface area contributed by atoms with E-state index in [4.69, 9.17) is 16.3 Å². The second-order valence-electron chi connectivity index (χ2n) is 6.92. The number of imide groups is 1. The summed E-state index contributed by atoms with van der Waals surface area (Å²) < 4.78 is 5.78. The van der Waals surface area contributed by atoms with E-state index in [9.17, 15) is 14.9 Å². The first-order valence-electron chi connectivity index (χ1n) is 9.61. The number of ether oxygens (including phenoxy) is 1. The van der Waals surface area contributed by atoms with Crippen molar-refractivity contribution >= 4 is 29.5 Å². The lowest BCUT2D eigenvalue weighted by Crippen LogP contribution is -2.43. The van der Waals surface area contributed by atoms with E-state index in [-0.39, 0.29) is 18.0 Å². The molecule has 0 saturated carbocycles. The fourth-order valence-corrected chi connectivity index (χ4v) is 3.26. The summed E-state index contributed by atoms with van der Waals surface area (Å²) in [4.78, 5) is 26.3. The van der Waals surface area contributed by atoms with Gasteiger partial charge in [-0.25, -0.2) is 0 Å². The molecular formula is C24H21ClN2O3. The Kier molecular flexibility index (Phi) is 6.71. The number of halogens is 1. The third-order valence-corrected chi connectivity index (χ3v) is 5.03. The molecule has 5 nitrogen and oxygen atoms in total. The van der Waals surface area contributed by atoms with Crippen LogP contribution >= 0.6 is 11.6 Å². The number of carbonyl (C=O) groups excluding carboxylic acids is 2. The largest absolute Gasteiger partial charge is 0.489 e. The molecule has 0 radical (unpaired) electrons. The van der Waals surface area contributed by atoms with Gasteiger partial charge in [0.15, 0.2) is 0 Å². The highest BCUT2D eigenvalue weighted by atomic mass is 35.5. The van der Waals surface area contributed by atoms with Crippen LogP contribution in [0.4, 0.5) is 0 Å². The summed E-state index contributed by atoms with van der Waals surface area (Å²) >= 11 is 5.89. The first kappa shape index (κ1) is 21.4. The summed E-state index contributed by atoms with van der Waals surface area (Å²) in [6, 6.07) is 16.7. The zero-order valence-corrected chi connectivity index (χ0v) is 17.6. The molecule has 2 aromatic carbocycles. The Morgan fingerprint density at radius 3 is 2.33 bits per heavy atom. The van der Waals surface area contributed by atoms with Gasteiger partial charge in [-0.05, 0) is 60.4 Å². The number of nitriles is 1. The van der Waals surface area contributed by atoms with Gasteiger partial charge in [0.2, 0.25) is 0 Å². The predicted molar refractivity (Wildman–Crippen MR) is 116 cm³/mol. The molecule has 0 bridgehead atoms. The molecule has 0 N–H and O–H groups in total. The molecule has 0 fully saturated rings. The zero-order chi connectivity index (χ0) is 21.7. The highest BCUT2D eigenvalue weighted by Crippen LogP contribution is 2.27. The highest BCUT2D eigenvalue weighted by Gasteiger charge is 2.34. The van der Waals surface area contributed by atoms with E-state index < -0.39 is 5.91 Å². The van der Waals surface area contributed by atoms with Crippen molar-refractivity contribution in [3.05, 3.63) is 81.4 Å². The van der Waals surface area contributed by atoms with Crippen LogP contribution in [0.2, 0.25) is 5.02 Å². The van der Waals surface area contributed by atoms with Crippen LogP contribution in [-0.2, 0) is 16.2 Å². The Labute approximate surface area is 180 Å². The van der Waals surface area contributed by atoms with Gasteiger partial charge in [-0.2, -0.15) is 5.26 Å². The number of carbonyl (C=O) groups is 2. The summed E-state index contributed by atoms with van der Waals surface area (Å²) in [5.74, 6) is -0.207. The quantitative estimate of drug-likeness (QED) is 0.491. The Hall–Kier alpha value is -3.36. The molecule has 2 aromatic rings. The fraction of sp³-hybridized carbons (Fsp3) is 0.208. The molecule has 1 aliphatic heterocycles. The molecule has 0 aliphatic carbocycles. The van der Waals surface area contributed by atoms with E-state index in [0.717, 1.165) is 16.0 Å². The lowest BCUT2D eigenvalue weighted by atomic mass is 9.93. The van der Waals surface area contributed by atoms with Gasteiger partial charge in [0.1, 0.15) is 24.0 Å². The maximum Gasteiger partial charge on any atom is 0.271 e.